The SMILES string of the molecule is COc1ccc(N2C(=O)CCC2C(=O)Nc2cc(C(C)(C)C)no2)cc1F. The van der Waals surface area contributed by atoms with Crippen LogP contribution in [0.3, 0.4) is 0 Å². The van der Waals surface area contributed by atoms with Crippen molar-refractivity contribution in [2.75, 3.05) is 17.3 Å². The van der Waals surface area contributed by atoms with Crippen molar-refractivity contribution in [3.8, 4) is 5.75 Å². The minimum absolute atomic E-state index is 0.0720. The lowest BCUT2D eigenvalue weighted by Gasteiger charge is -2.24. The fourth-order valence-corrected chi connectivity index (χ4v) is 2.95. The highest BCUT2D eigenvalue weighted by Crippen LogP contribution is 2.31. The van der Waals surface area contributed by atoms with Crippen LogP contribution in [0, 0.1) is 5.82 Å². The zero-order valence-electron chi connectivity index (χ0n) is 15.7. The number of anilines is 2. The molecule has 0 saturated carbocycles. The summed E-state index contributed by atoms with van der Waals surface area (Å²) in [6.45, 7) is 5.93. The molecule has 0 radical (unpaired) electrons. The third-order valence-corrected chi connectivity index (χ3v) is 4.45. The Kier molecular flexibility index (Phi) is 4.91. The number of hydrogen-bond donors (Lipinski definition) is 1. The zero-order valence-corrected chi connectivity index (χ0v) is 15.7. The molecule has 8 heteroatoms. The largest absolute Gasteiger partial charge is 0.494 e. The first-order valence-electron chi connectivity index (χ1n) is 8.64. The van der Waals surface area contributed by atoms with E-state index in [9.17, 15) is 14.0 Å². The second kappa shape index (κ2) is 7.02. The number of nitrogens with one attached hydrogen (secondary N) is 1. The van der Waals surface area contributed by atoms with E-state index in [1.54, 1.807) is 12.1 Å². The Hall–Kier alpha value is -2.90. The van der Waals surface area contributed by atoms with Crippen molar-refractivity contribution in [1.82, 2.24) is 5.16 Å². The highest BCUT2D eigenvalue weighted by atomic mass is 19.1. The van der Waals surface area contributed by atoms with Crippen LogP contribution >= 0.6 is 0 Å². The summed E-state index contributed by atoms with van der Waals surface area (Å²) in [6.07, 6.45) is 0.536. The van der Waals surface area contributed by atoms with Gasteiger partial charge in [-0.2, -0.15) is 0 Å². The average molecular weight is 375 g/mol. The molecule has 144 valence electrons. The molecular weight excluding hydrogens is 353 g/mol. The fourth-order valence-electron chi connectivity index (χ4n) is 2.95. The Morgan fingerprint density at radius 2 is 2.11 bits per heavy atom. The molecule has 3 rings (SSSR count). The molecule has 1 aromatic carbocycles. The number of ether oxygens (including phenoxy) is 1. The number of halogens is 1. The van der Waals surface area contributed by atoms with Crippen LogP contribution in [-0.2, 0) is 15.0 Å². The fraction of sp³-hybridized carbons (Fsp3) is 0.421. The quantitative estimate of drug-likeness (QED) is 0.887. The number of aromatic nitrogens is 1. The van der Waals surface area contributed by atoms with Gasteiger partial charge in [0.25, 0.3) is 0 Å². The van der Waals surface area contributed by atoms with Crippen LogP contribution in [0.1, 0.15) is 39.3 Å². The second-order valence-corrected chi connectivity index (χ2v) is 7.45. The van der Waals surface area contributed by atoms with Crippen molar-refractivity contribution < 1.29 is 23.2 Å². The highest BCUT2D eigenvalue weighted by molar-refractivity contribution is 6.07. The smallest absolute Gasteiger partial charge is 0.249 e. The normalized spacial score (nSPS) is 17.3. The van der Waals surface area contributed by atoms with Crippen molar-refractivity contribution in [3.63, 3.8) is 0 Å². The molecule has 1 aliphatic rings. The molecule has 0 spiro atoms. The lowest BCUT2D eigenvalue weighted by Crippen LogP contribution is -2.41. The molecule has 1 aromatic heterocycles. The van der Waals surface area contributed by atoms with Crippen LogP contribution in [0.4, 0.5) is 16.0 Å². The molecule has 2 amide bonds. The predicted octanol–water partition coefficient (Wildman–Crippen LogP) is 3.25. The molecule has 2 heterocycles. The third-order valence-electron chi connectivity index (χ3n) is 4.45. The number of rotatable bonds is 4. The highest BCUT2D eigenvalue weighted by Gasteiger charge is 2.38. The minimum atomic E-state index is -0.756. The van der Waals surface area contributed by atoms with Gasteiger partial charge in [0.2, 0.25) is 17.7 Å². The van der Waals surface area contributed by atoms with Gasteiger partial charge < -0.3 is 9.26 Å². The number of carbonyl (C=O) groups excluding carboxylic acids is 2. The van der Waals surface area contributed by atoms with Gasteiger partial charge in [0.15, 0.2) is 11.6 Å². The molecule has 1 saturated heterocycles. The summed E-state index contributed by atoms with van der Waals surface area (Å²) in [6, 6.07) is 5.07. The van der Waals surface area contributed by atoms with Gasteiger partial charge in [0.05, 0.1) is 12.8 Å². The van der Waals surface area contributed by atoms with E-state index in [-0.39, 0.29) is 29.4 Å². The first kappa shape index (κ1) is 18.9. The maximum absolute atomic E-state index is 14.0. The van der Waals surface area contributed by atoms with Gasteiger partial charge in [-0.3, -0.25) is 19.8 Å². The number of methoxy groups -OCH3 is 1. The molecule has 1 aliphatic heterocycles. The van der Waals surface area contributed by atoms with E-state index in [0.29, 0.717) is 17.8 Å². The number of nitrogens with zero attached hydrogens (tertiary/aromatic N) is 2. The van der Waals surface area contributed by atoms with E-state index in [2.05, 4.69) is 10.5 Å². The molecule has 0 aliphatic carbocycles. The van der Waals surface area contributed by atoms with Crippen molar-refractivity contribution >= 4 is 23.4 Å². The molecule has 1 atom stereocenters. The van der Waals surface area contributed by atoms with Gasteiger partial charge in [-0.25, -0.2) is 4.39 Å². The first-order valence-corrected chi connectivity index (χ1v) is 8.64. The standard InChI is InChI=1S/C19H22FN3O4/c1-19(2,3)15-10-16(27-22-15)21-18(25)13-6-8-17(24)23(13)11-5-7-14(26-4)12(20)9-11/h5,7,9-10,13H,6,8H2,1-4H3,(H,21,25). The van der Waals surface area contributed by atoms with E-state index in [4.69, 9.17) is 9.26 Å². The van der Waals surface area contributed by atoms with Gasteiger partial charge in [0, 0.05) is 29.7 Å². The Labute approximate surface area is 156 Å². The van der Waals surface area contributed by atoms with Crippen molar-refractivity contribution in [2.24, 2.45) is 0 Å². The van der Waals surface area contributed by atoms with E-state index in [0.717, 1.165) is 0 Å². The van der Waals surface area contributed by atoms with E-state index in [1.807, 2.05) is 20.8 Å². The first-order chi connectivity index (χ1) is 12.7. The molecule has 2 aromatic rings. The van der Waals surface area contributed by atoms with Gasteiger partial charge in [0.1, 0.15) is 6.04 Å². The number of hydrogen-bond acceptors (Lipinski definition) is 5. The summed E-state index contributed by atoms with van der Waals surface area (Å²) < 4.78 is 24.1. The summed E-state index contributed by atoms with van der Waals surface area (Å²) in [5, 5.41) is 6.61. The average Bonchev–Trinajstić information content (AvgIpc) is 3.21. The Bertz CT molecular complexity index is 872. The number of benzene rings is 1. The molecule has 1 N–H and O–H groups in total. The van der Waals surface area contributed by atoms with Crippen LogP contribution in [0.2, 0.25) is 0 Å². The molecule has 1 fully saturated rings. The van der Waals surface area contributed by atoms with E-state index in [1.165, 1.54) is 24.1 Å². The maximum atomic E-state index is 14.0. The van der Waals surface area contributed by atoms with Gasteiger partial charge in [-0.15, -0.1) is 0 Å². The Balaban J connectivity index is 1.80. The zero-order chi connectivity index (χ0) is 19.8. The monoisotopic (exact) mass is 375 g/mol. The summed E-state index contributed by atoms with van der Waals surface area (Å²) in [5.74, 6) is -0.965. The number of carbonyl (C=O) groups is 2. The van der Waals surface area contributed by atoms with E-state index < -0.39 is 17.8 Å². The second-order valence-electron chi connectivity index (χ2n) is 7.45. The summed E-state index contributed by atoms with van der Waals surface area (Å²) in [4.78, 5) is 26.3. The lowest BCUT2D eigenvalue weighted by molar-refractivity contribution is -0.120. The lowest BCUT2D eigenvalue weighted by atomic mass is 9.92. The van der Waals surface area contributed by atoms with Crippen LogP contribution in [0.15, 0.2) is 28.8 Å². The van der Waals surface area contributed by atoms with Gasteiger partial charge >= 0.3 is 0 Å². The van der Waals surface area contributed by atoms with Gasteiger partial charge in [-0.05, 0) is 18.6 Å². The van der Waals surface area contributed by atoms with Crippen LogP contribution in [0.5, 0.6) is 5.75 Å². The van der Waals surface area contributed by atoms with Crippen molar-refractivity contribution in [2.45, 2.75) is 45.1 Å². The van der Waals surface area contributed by atoms with Crippen molar-refractivity contribution in [1.29, 1.82) is 0 Å². The van der Waals surface area contributed by atoms with Gasteiger partial charge in [-0.1, -0.05) is 25.9 Å². The summed E-state index contributed by atoms with van der Waals surface area (Å²) >= 11 is 0. The third kappa shape index (κ3) is 3.79. The minimum Gasteiger partial charge on any atom is -0.494 e. The van der Waals surface area contributed by atoms with Crippen molar-refractivity contribution in [3.05, 3.63) is 35.8 Å². The Morgan fingerprint density at radius 3 is 2.70 bits per heavy atom. The molecular formula is C19H22FN3O4. The van der Waals surface area contributed by atoms with Crippen LogP contribution in [0.25, 0.3) is 0 Å². The molecule has 0 bridgehead atoms. The summed E-state index contributed by atoms with van der Waals surface area (Å²) in [7, 11) is 1.36. The molecule has 7 nitrogen and oxygen atoms in total. The summed E-state index contributed by atoms with van der Waals surface area (Å²) in [5.41, 5.74) is 0.793. The molecule has 1 unspecified atom stereocenters. The predicted molar refractivity (Wildman–Crippen MR) is 97.3 cm³/mol. The number of amides is 2. The molecule has 27 heavy (non-hydrogen) atoms. The van der Waals surface area contributed by atoms with E-state index >= 15 is 0 Å². The van der Waals surface area contributed by atoms with Crippen LogP contribution < -0.4 is 15.0 Å². The van der Waals surface area contributed by atoms with Crippen LogP contribution in [-0.4, -0.2) is 30.1 Å². The maximum Gasteiger partial charge on any atom is 0.249 e. The topological polar surface area (TPSA) is 84.7 Å². The Morgan fingerprint density at radius 1 is 1.37 bits per heavy atom.